The van der Waals surface area contributed by atoms with Crippen LogP contribution in [0.5, 0.6) is 0 Å². The first kappa shape index (κ1) is 11.6. The second-order valence-corrected chi connectivity index (χ2v) is 5.25. The molecule has 0 aliphatic heterocycles. The number of carbonyl (C=O) groups excluding carboxylic acids is 1. The smallest absolute Gasteiger partial charge is 0.155 e. The van der Waals surface area contributed by atoms with Gasteiger partial charge in [0, 0.05) is 12.5 Å². The number of aryl methyl sites for hydroxylation is 1. The molecule has 0 radical (unpaired) electrons. The molecule has 2 rings (SSSR count). The fourth-order valence-corrected chi connectivity index (χ4v) is 2.03. The van der Waals surface area contributed by atoms with E-state index in [0.29, 0.717) is 22.6 Å². The zero-order valence-corrected chi connectivity index (χ0v) is 10.5. The third-order valence-corrected chi connectivity index (χ3v) is 3.35. The molecule has 0 amide bonds. The van der Waals surface area contributed by atoms with Gasteiger partial charge in [-0.15, -0.1) is 0 Å². The number of rotatable bonds is 5. The van der Waals surface area contributed by atoms with Crippen molar-refractivity contribution in [1.29, 1.82) is 0 Å². The topological polar surface area (TPSA) is 34.9 Å². The van der Waals surface area contributed by atoms with Gasteiger partial charge in [0.15, 0.2) is 6.29 Å². The number of aromatic nitrogens is 2. The van der Waals surface area contributed by atoms with Crippen molar-refractivity contribution in [3.05, 3.63) is 16.4 Å². The largest absolute Gasteiger partial charge is 0.298 e. The fraction of sp³-hybridized carbons (Fsp3) is 0.667. The van der Waals surface area contributed by atoms with Gasteiger partial charge in [-0.25, -0.2) is 0 Å². The number of nitrogens with zero attached hydrogens (tertiary/aromatic N) is 2. The van der Waals surface area contributed by atoms with Crippen molar-refractivity contribution in [2.45, 2.75) is 45.6 Å². The molecule has 0 unspecified atom stereocenters. The molecule has 0 aromatic carbocycles. The van der Waals surface area contributed by atoms with Crippen LogP contribution in [-0.4, -0.2) is 16.1 Å². The highest BCUT2D eigenvalue weighted by Gasteiger charge is 2.31. The SMILES string of the molecule is CC(C)CCn1nc(C2CC2)c(C=O)c1Cl. The van der Waals surface area contributed by atoms with Gasteiger partial charge in [-0.3, -0.25) is 9.48 Å². The van der Waals surface area contributed by atoms with Crippen molar-refractivity contribution in [2.75, 3.05) is 0 Å². The maximum absolute atomic E-state index is 11.0. The third kappa shape index (κ3) is 2.29. The molecule has 1 fully saturated rings. The van der Waals surface area contributed by atoms with E-state index in [1.807, 2.05) is 0 Å². The van der Waals surface area contributed by atoms with Gasteiger partial charge in [-0.1, -0.05) is 25.4 Å². The predicted molar refractivity (Wildman–Crippen MR) is 64.1 cm³/mol. The monoisotopic (exact) mass is 240 g/mol. The molecule has 0 N–H and O–H groups in total. The van der Waals surface area contributed by atoms with Gasteiger partial charge in [0.1, 0.15) is 5.15 Å². The van der Waals surface area contributed by atoms with E-state index in [1.165, 1.54) is 0 Å². The van der Waals surface area contributed by atoms with Gasteiger partial charge < -0.3 is 0 Å². The second-order valence-electron chi connectivity index (χ2n) is 4.89. The number of aldehydes is 1. The van der Waals surface area contributed by atoms with Crippen LogP contribution >= 0.6 is 11.6 Å². The lowest BCUT2D eigenvalue weighted by molar-refractivity contribution is 0.112. The summed E-state index contributed by atoms with van der Waals surface area (Å²) in [5.41, 5.74) is 1.51. The van der Waals surface area contributed by atoms with Crippen molar-refractivity contribution in [2.24, 2.45) is 5.92 Å². The van der Waals surface area contributed by atoms with Crippen LogP contribution in [0, 0.1) is 5.92 Å². The molecule has 1 heterocycles. The summed E-state index contributed by atoms with van der Waals surface area (Å²) in [5.74, 6) is 1.09. The lowest BCUT2D eigenvalue weighted by atomic mass is 10.1. The van der Waals surface area contributed by atoms with Crippen molar-refractivity contribution >= 4 is 17.9 Å². The molecule has 0 atom stereocenters. The van der Waals surface area contributed by atoms with Gasteiger partial charge >= 0.3 is 0 Å². The minimum absolute atomic E-state index is 0.470. The summed E-state index contributed by atoms with van der Waals surface area (Å²) in [6.07, 6.45) is 4.15. The van der Waals surface area contributed by atoms with Gasteiger partial charge in [-0.2, -0.15) is 5.10 Å². The normalized spacial score (nSPS) is 15.8. The van der Waals surface area contributed by atoms with E-state index in [9.17, 15) is 4.79 Å². The zero-order chi connectivity index (χ0) is 11.7. The number of hydrogen-bond donors (Lipinski definition) is 0. The Morgan fingerprint density at radius 1 is 1.56 bits per heavy atom. The Kier molecular flexibility index (Phi) is 3.33. The lowest BCUT2D eigenvalue weighted by Crippen LogP contribution is -2.03. The highest BCUT2D eigenvalue weighted by Crippen LogP contribution is 2.42. The van der Waals surface area contributed by atoms with E-state index < -0.39 is 0 Å². The first-order valence-corrected chi connectivity index (χ1v) is 6.22. The number of halogens is 1. The molecule has 4 heteroatoms. The van der Waals surface area contributed by atoms with E-state index in [2.05, 4.69) is 18.9 Å². The third-order valence-electron chi connectivity index (χ3n) is 2.95. The Balaban J connectivity index is 2.21. The molecule has 1 saturated carbocycles. The van der Waals surface area contributed by atoms with Crippen LogP contribution in [0.2, 0.25) is 5.15 Å². The van der Waals surface area contributed by atoms with Crippen LogP contribution in [0.4, 0.5) is 0 Å². The van der Waals surface area contributed by atoms with Crippen LogP contribution in [0.25, 0.3) is 0 Å². The van der Waals surface area contributed by atoms with Crippen LogP contribution < -0.4 is 0 Å². The molecule has 0 bridgehead atoms. The summed E-state index contributed by atoms with van der Waals surface area (Å²) in [4.78, 5) is 11.0. The van der Waals surface area contributed by atoms with Gasteiger partial charge in [-0.05, 0) is 25.2 Å². The van der Waals surface area contributed by atoms with Crippen LogP contribution in [-0.2, 0) is 6.54 Å². The average molecular weight is 241 g/mol. The highest BCUT2D eigenvalue weighted by molar-refractivity contribution is 6.32. The molecule has 1 aromatic heterocycles. The Labute approximate surface area is 101 Å². The van der Waals surface area contributed by atoms with Crippen LogP contribution in [0.1, 0.15) is 55.1 Å². The van der Waals surface area contributed by atoms with Crippen LogP contribution in [0.15, 0.2) is 0 Å². The Morgan fingerprint density at radius 2 is 2.25 bits per heavy atom. The van der Waals surface area contributed by atoms with E-state index in [-0.39, 0.29) is 0 Å². The zero-order valence-electron chi connectivity index (χ0n) is 9.74. The second kappa shape index (κ2) is 4.58. The van der Waals surface area contributed by atoms with Gasteiger partial charge in [0.05, 0.1) is 11.3 Å². The molecular weight excluding hydrogens is 224 g/mol. The quantitative estimate of drug-likeness (QED) is 0.741. The van der Waals surface area contributed by atoms with Gasteiger partial charge in [0.2, 0.25) is 0 Å². The maximum atomic E-state index is 11.0. The molecule has 1 aliphatic carbocycles. The van der Waals surface area contributed by atoms with Crippen molar-refractivity contribution in [1.82, 2.24) is 9.78 Å². The fourth-order valence-electron chi connectivity index (χ4n) is 1.77. The minimum atomic E-state index is 0.470. The summed E-state index contributed by atoms with van der Waals surface area (Å²) < 4.78 is 1.78. The summed E-state index contributed by atoms with van der Waals surface area (Å²) in [6.45, 7) is 5.13. The van der Waals surface area contributed by atoms with Crippen molar-refractivity contribution < 1.29 is 4.79 Å². The van der Waals surface area contributed by atoms with E-state index in [0.717, 1.165) is 37.8 Å². The molecule has 1 aromatic rings. The lowest BCUT2D eigenvalue weighted by Gasteiger charge is -2.05. The Morgan fingerprint density at radius 3 is 2.75 bits per heavy atom. The summed E-state index contributed by atoms with van der Waals surface area (Å²) in [7, 11) is 0. The molecule has 1 aliphatic rings. The molecule has 0 spiro atoms. The summed E-state index contributed by atoms with van der Waals surface area (Å²) in [5, 5.41) is 4.98. The summed E-state index contributed by atoms with van der Waals surface area (Å²) >= 11 is 6.15. The Hall–Kier alpha value is -0.830. The predicted octanol–water partition coefficient (Wildman–Crippen LogP) is 3.27. The van der Waals surface area contributed by atoms with Gasteiger partial charge in [0.25, 0.3) is 0 Å². The molecule has 88 valence electrons. The molecule has 16 heavy (non-hydrogen) atoms. The van der Waals surface area contributed by atoms with E-state index >= 15 is 0 Å². The van der Waals surface area contributed by atoms with Crippen LogP contribution in [0.3, 0.4) is 0 Å². The highest BCUT2D eigenvalue weighted by atomic mass is 35.5. The maximum Gasteiger partial charge on any atom is 0.155 e. The standard InChI is InChI=1S/C12H17ClN2O/c1-8(2)5-6-15-12(13)10(7-16)11(14-15)9-3-4-9/h7-9H,3-6H2,1-2H3. The number of hydrogen-bond acceptors (Lipinski definition) is 2. The molecule has 0 saturated heterocycles. The van der Waals surface area contributed by atoms with Crippen molar-refractivity contribution in [3.63, 3.8) is 0 Å². The van der Waals surface area contributed by atoms with E-state index in [1.54, 1.807) is 4.68 Å². The van der Waals surface area contributed by atoms with E-state index in [4.69, 9.17) is 11.6 Å². The minimum Gasteiger partial charge on any atom is -0.298 e. The number of carbonyl (C=O) groups is 1. The Bertz CT molecular complexity index is 394. The molecule has 3 nitrogen and oxygen atoms in total. The summed E-state index contributed by atoms with van der Waals surface area (Å²) in [6, 6.07) is 0. The molecular formula is C12H17ClN2O. The van der Waals surface area contributed by atoms with Crippen molar-refractivity contribution in [3.8, 4) is 0 Å². The average Bonchev–Trinajstić information content (AvgIpc) is 3.01. The first-order chi connectivity index (χ1) is 7.63. The first-order valence-electron chi connectivity index (χ1n) is 5.84.